The summed E-state index contributed by atoms with van der Waals surface area (Å²) in [7, 11) is 0. The van der Waals surface area contributed by atoms with E-state index in [0.29, 0.717) is 24.9 Å². The minimum atomic E-state index is -1.29. The minimum absolute atomic E-state index is 0.0547. The summed E-state index contributed by atoms with van der Waals surface area (Å²) in [5, 5.41) is 25.9. The molecule has 0 radical (unpaired) electrons. The number of hydrogen-bond acceptors (Lipinski definition) is 9. The molecule has 11 N–H and O–H groups in total. The normalized spacial score (nSPS) is 14.0. The van der Waals surface area contributed by atoms with E-state index in [-0.39, 0.29) is 37.2 Å². The summed E-state index contributed by atoms with van der Waals surface area (Å²) in [6.45, 7) is 0.354. The van der Waals surface area contributed by atoms with E-state index >= 15 is 0 Å². The highest BCUT2D eigenvalue weighted by Crippen LogP contribution is 2.11. The van der Waals surface area contributed by atoms with Gasteiger partial charge in [-0.1, -0.05) is 12.1 Å². The number of hydrogen-bond donors (Lipinski definition) is 9. The van der Waals surface area contributed by atoms with E-state index in [1.165, 1.54) is 12.1 Å². The molecule has 0 aliphatic rings. The van der Waals surface area contributed by atoms with Gasteiger partial charge in [0.25, 0.3) is 0 Å². The van der Waals surface area contributed by atoms with Gasteiger partial charge >= 0.3 is 5.97 Å². The number of primary amides is 1. The monoisotopic (exact) mass is 540 g/mol. The maximum atomic E-state index is 13.1. The van der Waals surface area contributed by atoms with Gasteiger partial charge in [0.15, 0.2) is 0 Å². The molecule has 4 unspecified atom stereocenters. The zero-order valence-corrected chi connectivity index (χ0v) is 21.3. The Kier molecular flexibility index (Phi) is 14.0. The number of carbonyl (C=O) groups excluding carboxylic acids is 4. The molecule has 37 heavy (non-hydrogen) atoms. The molecule has 0 aliphatic carbocycles. The highest BCUT2D eigenvalue weighted by Gasteiger charge is 2.30. The number of phenols is 1. The van der Waals surface area contributed by atoms with Crippen molar-refractivity contribution in [1.29, 1.82) is 0 Å². The van der Waals surface area contributed by atoms with E-state index in [4.69, 9.17) is 17.2 Å². The molecule has 4 atom stereocenters. The van der Waals surface area contributed by atoms with Gasteiger partial charge < -0.3 is 43.4 Å². The summed E-state index contributed by atoms with van der Waals surface area (Å²) in [4.78, 5) is 61.1. The third kappa shape index (κ3) is 11.9. The van der Waals surface area contributed by atoms with Gasteiger partial charge in [-0.3, -0.25) is 19.2 Å². The van der Waals surface area contributed by atoms with Gasteiger partial charge in [0, 0.05) is 12.2 Å². The lowest BCUT2D eigenvalue weighted by atomic mass is 10.0. The van der Waals surface area contributed by atoms with Crippen molar-refractivity contribution in [2.24, 2.45) is 17.2 Å². The van der Waals surface area contributed by atoms with Crippen LogP contribution in [-0.4, -0.2) is 76.3 Å². The van der Waals surface area contributed by atoms with Crippen LogP contribution in [-0.2, 0) is 30.4 Å². The van der Waals surface area contributed by atoms with Crippen LogP contribution in [0.25, 0.3) is 0 Å². The molecule has 0 bridgehead atoms. The van der Waals surface area contributed by atoms with E-state index < -0.39 is 53.8 Å². The molecule has 206 valence electrons. The molecule has 0 fully saturated rings. The molecular formula is C23H36N6O7S. The number of nitrogens with two attached hydrogens (primary N) is 3. The van der Waals surface area contributed by atoms with Crippen molar-refractivity contribution in [1.82, 2.24) is 16.0 Å². The Morgan fingerprint density at radius 2 is 1.41 bits per heavy atom. The summed E-state index contributed by atoms with van der Waals surface area (Å²) in [5.41, 5.74) is 17.4. The van der Waals surface area contributed by atoms with Gasteiger partial charge in [-0.25, -0.2) is 4.79 Å². The third-order valence-corrected chi connectivity index (χ3v) is 5.78. The predicted molar refractivity (Wildman–Crippen MR) is 138 cm³/mol. The number of thiol groups is 1. The van der Waals surface area contributed by atoms with E-state index in [2.05, 4.69) is 28.6 Å². The van der Waals surface area contributed by atoms with Crippen LogP contribution in [0.4, 0.5) is 0 Å². The molecule has 0 aliphatic heterocycles. The lowest BCUT2D eigenvalue weighted by Crippen LogP contribution is -2.57. The first-order valence-corrected chi connectivity index (χ1v) is 12.4. The Labute approximate surface area is 220 Å². The maximum absolute atomic E-state index is 13.1. The zero-order chi connectivity index (χ0) is 28.0. The van der Waals surface area contributed by atoms with Gasteiger partial charge in [0.1, 0.15) is 23.9 Å². The number of benzene rings is 1. The van der Waals surface area contributed by atoms with Crippen LogP contribution < -0.4 is 33.2 Å². The Balaban J connectivity index is 2.97. The van der Waals surface area contributed by atoms with Crippen LogP contribution in [0.15, 0.2) is 24.3 Å². The first-order valence-electron chi connectivity index (χ1n) is 11.7. The van der Waals surface area contributed by atoms with Gasteiger partial charge in [-0.2, -0.15) is 12.6 Å². The summed E-state index contributed by atoms with van der Waals surface area (Å²) in [6.07, 6.45) is 0.914. The predicted octanol–water partition coefficient (Wildman–Crippen LogP) is -1.87. The summed E-state index contributed by atoms with van der Waals surface area (Å²) < 4.78 is 0. The standard InChI is InChI=1S/C23H36N6O7S/c24-10-2-1-3-16(21(33)29-18(12-37)23(35)36)28-22(34)17(8-9-19(26)31)27-20(32)15(25)11-13-4-6-14(30)7-5-13/h4-7,15-18,30,37H,1-3,8-12,24-25H2,(H2,26,31)(H,27,32)(H,28,34)(H,29,33)(H,35,36). The molecule has 0 heterocycles. The molecule has 0 saturated heterocycles. The van der Waals surface area contributed by atoms with E-state index in [9.17, 15) is 34.2 Å². The van der Waals surface area contributed by atoms with Crippen LogP contribution in [0.1, 0.15) is 37.7 Å². The average Bonchev–Trinajstić information content (AvgIpc) is 2.85. The number of carboxylic acids is 1. The van der Waals surface area contributed by atoms with Crippen molar-refractivity contribution >= 4 is 42.2 Å². The van der Waals surface area contributed by atoms with Crippen molar-refractivity contribution < 1.29 is 34.2 Å². The Bertz CT molecular complexity index is 931. The van der Waals surface area contributed by atoms with Gasteiger partial charge in [-0.15, -0.1) is 0 Å². The number of carbonyl (C=O) groups is 5. The average molecular weight is 541 g/mol. The number of rotatable bonds is 17. The summed E-state index contributed by atoms with van der Waals surface area (Å²) in [6, 6.07) is 1.40. The van der Waals surface area contributed by atoms with E-state index in [1.54, 1.807) is 12.1 Å². The molecule has 0 aromatic heterocycles. The second-order valence-electron chi connectivity index (χ2n) is 8.47. The number of amides is 4. The number of aromatic hydroxyl groups is 1. The van der Waals surface area contributed by atoms with E-state index in [1.807, 2.05) is 0 Å². The van der Waals surface area contributed by atoms with Gasteiger partial charge in [0.2, 0.25) is 23.6 Å². The molecule has 1 aromatic rings. The van der Waals surface area contributed by atoms with Crippen molar-refractivity contribution in [2.75, 3.05) is 12.3 Å². The Morgan fingerprint density at radius 3 is 1.92 bits per heavy atom. The topological polar surface area (TPSA) is 240 Å². The number of nitrogens with one attached hydrogen (secondary N) is 3. The summed E-state index contributed by atoms with van der Waals surface area (Å²) in [5.74, 6) is -4.28. The first-order chi connectivity index (χ1) is 17.5. The lowest BCUT2D eigenvalue weighted by Gasteiger charge is -2.25. The number of unbranched alkanes of at least 4 members (excludes halogenated alkanes) is 1. The largest absolute Gasteiger partial charge is 0.508 e. The quantitative estimate of drug-likeness (QED) is 0.0792. The number of aliphatic carboxylic acids is 1. The third-order valence-electron chi connectivity index (χ3n) is 5.42. The zero-order valence-electron chi connectivity index (χ0n) is 20.4. The van der Waals surface area contributed by atoms with Crippen LogP contribution in [0.5, 0.6) is 5.75 Å². The highest BCUT2D eigenvalue weighted by molar-refractivity contribution is 7.80. The SMILES string of the molecule is NCCCCC(NC(=O)C(CCC(N)=O)NC(=O)C(N)Cc1ccc(O)cc1)C(=O)NC(CS)C(=O)O. The van der Waals surface area contributed by atoms with Crippen LogP contribution >= 0.6 is 12.6 Å². The number of carboxylic acid groups (broad SMARTS) is 1. The molecule has 13 nitrogen and oxygen atoms in total. The lowest BCUT2D eigenvalue weighted by molar-refractivity contribution is -0.141. The molecular weight excluding hydrogens is 504 g/mol. The second kappa shape index (κ2) is 16.4. The molecule has 0 saturated carbocycles. The first kappa shape index (κ1) is 31.7. The molecule has 14 heteroatoms. The molecule has 4 amide bonds. The molecule has 1 rings (SSSR count). The van der Waals surface area contributed by atoms with Crippen LogP contribution in [0.3, 0.4) is 0 Å². The Hall–Kier alpha value is -3.36. The second-order valence-corrected chi connectivity index (χ2v) is 8.84. The summed E-state index contributed by atoms with van der Waals surface area (Å²) >= 11 is 3.92. The van der Waals surface area contributed by atoms with Crippen molar-refractivity contribution in [3.8, 4) is 5.75 Å². The van der Waals surface area contributed by atoms with Crippen molar-refractivity contribution in [2.45, 2.75) is 62.7 Å². The minimum Gasteiger partial charge on any atom is -0.508 e. The fraction of sp³-hybridized carbons (Fsp3) is 0.522. The van der Waals surface area contributed by atoms with Gasteiger partial charge in [0.05, 0.1) is 6.04 Å². The fourth-order valence-electron chi connectivity index (χ4n) is 3.30. The molecule has 1 aromatic carbocycles. The van der Waals surface area contributed by atoms with Gasteiger partial charge in [-0.05, 0) is 56.3 Å². The Morgan fingerprint density at radius 1 is 0.865 bits per heavy atom. The smallest absolute Gasteiger partial charge is 0.327 e. The van der Waals surface area contributed by atoms with Crippen molar-refractivity contribution in [3.05, 3.63) is 29.8 Å². The van der Waals surface area contributed by atoms with Crippen LogP contribution in [0.2, 0.25) is 0 Å². The van der Waals surface area contributed by atoms with Crippen LogP contribution in [0, 0.1) is 0 Å². The highest BCUT2D eigenvalue weighted by atomic mass is 32.1. The van der Waals surface area contributed by atoms with E-state index in [0.717, 1.165) is 0 Å². The van der Waals surface area contributed by atoms with Crippen molar-refractivity contribution in [3.63, 3.8) is 0 Å². The maximum Gasteiger partial charge on any atom is 0.327 e. The molecule has 0 spiro atoms. The fourth-order valence-corrected chi connectivity index (χ4v) is 3.55. The number of phenolic OH excluding ortho intramolecular Hbond substituents is 1.